The minimum Gasteiger partial charge on any atom is -0.131 e. The van der Waals surface area contributed by atoms with Crippen molar-refractivity contribution in [1.82, 2.24) is 0 Å². The van der Waals surface area contributed by atoms with Crippen molar-refractivity contribution in [3.63, 3.8) is 0 Å². The van der Waals surface area contributed by atoms with Gasteiger partial charge in [-0.25, -0.2) is 0 Å². The Morgan fingerprint density at radius 2 is 1.71 bits per heavy atom. The second-order valence-corrected chi connectivity index (χ2v) is 8.79. The highest BCUT2D eigenvalue weighted by Gasteiger charge is 2.27. The summed E-state index contributed by atoms with van der Waals surface area (Å²) in [6, 6.07) is 10.7. The van der Waals surface area contributed by atoms with Crippen LogP contribution in [0.2, 0.25) is 13.1 Å². The summed E-state index contributed by atoms with van der Waals surface area (Å²) in [5.74, 6) is 3.07. The first-order valence-electron chi connectivity index (χ1n) is 5.07. The molecule has 1 aromatic rings. The van der Waals surface area contributed by atoms with Crippen LogP contribution < -0.4 is 0 Å². The van der Waals surface area contributed by atoms with E-state index in [1.807, 2.05) is 6.92 Å². The predicted octanol–water partition coefficient (Wildman–Crippen LogP) is 3.60. The molecule has 0 aromatic heterocycles. The van der Waals surface area contributed by atoms with Crippen molar-refractivity contribution in [2.45, 2.75) is 32.5 Å². The molecule has 0 aliphatic carbocycles. The summed E-state index contributed by atoms with van der Waals surface area (Å²) in [4.78, 5) is 0. The van der Waals surface area contributed by atoms with E-state index in [9.17, 15) is 0 Å². The molecule has 1 atom stereocenters. The van der Waals surface area contributed by atoms with Gasteiger partial charge in [0, 0.05) is 0 Å². The highest BCUT2D eigenvalue weighted by molar-refractivity contribution is 6.86. The summed E-state index contributed by atoms with van der Waals surface area (Å²) in [6.45, 7) is 8.90. The first kappa shape index (κ1) is 11.1. The lowest BCUT2D eigenvalue weighted by Gasteiger charge is -2.24. The maximum atomic E-state index is 3.41. The van der Waals surface area contributed by atoms with E-state index in [-0.39, 0.29) is 0 Å². The predicted molar refractivity (Wildman–Crippen MR) is 65.8 cm³/mol. The lowest BCUT2D eigenvalue weighted by Crippen LogP contribution is -2.31. The molecule has 1 heteroatoms. The van der Waals surface area contributed by atoms with Crippen LogP contribution in [-0.4, -0.2) is 8.07 Å². The van der Waals surface area contributed by atoms with Gasteiger partial charge in [0.25, 0.3) is 0 Å². The van der Waals surface area contributed by atoms with Crippen molar-refractivity contribution in [2.75, 3.05) is 0 Å². The van der Waals surface area contributed by atoms with Crippen molar-refractivity contribution in [3.05, 3.63) is 35.9 Å². The molecule has 1 unspecified atom stereocenters. The third-order valence-corrected chi connectivity index (χ3v) is 6.22. The molecule has 74 valence electrons. The fourth-order valence-corrected chi connectivity index (χ4v) is 3.48. The number of rotatable bonds is 2. The maximum Gasteiger partial charge on any atom is 0.139 e. The van der Waals surface area contributed by atoms with Crippen LogP contribution in [0.5, 0.6) is 0 Å². The Morgan fingerprint density at radius 1 is 1.14 bits per heavy atom. The molecule has 0 aliphatic rings. The van der Waals surface area contributed by atoms with Crippen LogP contribution in [0.15, 0.2) is 30.3 Å². The summed E-state index contributed by atoms with van der Waals surface area (Å²) in [6.07, 6.45) is 0. The Labute approximate surface area is 88.4 Å². The number of hydrogen-bond donors (Lipinski definition) is 0. The van der Waals surface area contributed by atoms with Gasteiger partial charge in [-0.05, 0) is 18.0 Å². The van der Waals surface area contributed by atoms with Crippen LogP contribution >= 0.6 is 0 Å². The van der Waals surface area contributed by atoms with Gasteiger partial charge in [-0.15, -0.1) is 11.5 Å². The summed E-state index contributed by atoms with van der Waals surface area (Å²) >= 11 is 0. The molecule has 1 rings (SSSR count). The quantitative estimate of drug-likeness (QED) is 0.508. The lowest BCUT2D eigenvalue weighted by atomic mass is 10.2. The third-order valence-electron chi connectivity index (χ3n) is 2.83. The van der Waals surface area contributed by atoms with E-state index in [2.05, 4.69) is 61.8 Å². The molecule has 0 heterocycles. The first-order chi connectivity index (χ1) is 6.58. The first-order valence-corrected chi connectivity index (χ1v) is 8.14. The second kappa shape index (κ2) is 4.48. The molecular formula is C13H18Si. The molecule has 1 aromatic carbocycles. The Morgan fingerprint density at radius 3 is 2.21 bits per heavy atom. The topological polar surface area (TPSA) is 0 Å². The summed E-state index contributed by atoms with van der Waals surface area (Å²) < 4.78 is 0. The molecule has 14 heavy (non-hydrogen) atoms. The molecule has 0 saturated heterocycles. The Balaban J connectivity index is 2.94. The molecule has 0 spiro atoms. The van der Waals surface area contributed by atoms with Gasteiger partial charge in [-0.2, -0.15) is 0 Å². The standard InChI is InChI=1S/C13H18Si/c1-5-11-14(3,4)12(2)13-9-7-6-8-10-13/h6-10,12H,1-4H3. The minimum absolute atomic E-state index is 0.608. The molecule has 0 fully saturated rings. The highest BCUT2D eigenvalue weighted by atomic mass is 28.3. The summed E-state index contributed by atoms with van der Waals surface area (Å²) in [7, 11) is -1.41. The largest absolute Gasteiger partial charge is 0.139 e. The van der Waals surface area contributed by atoms with Gasteiger partial charge < -0.3 is 0 Å². The van der Waals surface area contributed by atoms with Crippen LogP contribution in [-0.2, 0) is 0 Å². The van der Waals surface area contributed by atoms with Gasteiger partial charge in [0.15, 0.2) is 0 Å². The third kappa shape index (κ3) is 2.49. The molecule has 0 bridgehead atoms. The zero-order chi connectivity index (χ0) is 10.6. The van der Waals surface area contributed by atoms with Crippen LogP contribution in [0, 0.1) is 11.5 Å². The van der Waals surface area contributed by atoms with Crippen LogP contribution in [0.4, 0.5) is 0 Å². The zero-order valence-corrected chi connectivity index (χ0v) is 10.5. The maximum absolute atomic E-state index is 3.41. The van der Waals surface area contributed by atoms with Crippen LogP contribution in [0.3, 0.4) is 0 Å². The highest BCUT2D eigenvalue weighted by Crippen LogP contribution is 2.25. The Hall–Kier alpha value is -1.00. The van der Waals surface area contributed by atoms with E-state index in [1.165, 1.54) is 5.56 Å². The SMILES string of the molecule is CC#C[Si](C)(C)C(C)c1ccccc1. The lowest BCUT2D eigenvalue weighted by molar-refractivity contribution is 1.03. The molecule has 0 amide bonds. The van der Waals surface area contributed by atoms with Crippen LogP contribution in [0.25, 0.3) is 0 Å². The van der Waals surface area contributed by atoms with Gasteiger partial charge in [-0.1, -0.05) is 50.3 Å². The van der Waals surface area contributed by atoms with Crippen molar-refractivity contribution in [1.29, 1.82) is 0 Å². The average molecular weight is 202 g/mol. The van der Waals surface area contributed by atoms with E-state index < -0.39 is 8.07 Å². The van der Waals surface area contributed by atoms with Crippen molar-refractivity contribution < 1.29 is 0 Å². The van der Waals surface area contributed by atoms with E-state index in [4.69, 9.17) is 0 Å². The fraction of sp³-hybridized carbons (Fsp3) is 0.385. The van der Waals surface area contributed by atoms with Crippen LogP contribution in [0.1, 0.15) is 25.0 Å². The molecular weight excluding hydrogens is 184 g/mol. The molecule has 0 saturated carbocycles. The van der Waals surface area contributed by atoms with E-state index >= 15 is 0 Å². The van der Waals surface area contributed by atoms with Gasteiger partial charge in [0.05, 0.1) is 0 Å². The minimum atomic E-state index is -1.41. The molecule has 0 radical (unpaired) electrons. The molecule has 0 nitrogen and oxygen atoms in total. The van der Waals surface area contributed by atoms with Gasteiger partial charge in [0.1, 0.15) is 8.07 Å². The molecule has 0 N–H and O–H groups in total. The normalized spacial score (nSPS) is 12.9. The van der Waals surface area contributed by atoms with Gasteiger partial charge in [-0.3, -0.25) is 0 Å². The summed E-state index contributed by atoms with van der Waals surface area (Å²) in [5, 5.41) is 0. The number of hydrogen-bond acceptors (Lipinski definition) is 0. The zero-order valence-electron chi connectivity index (χ0n) is 9.46. The van der Waals surface area contributed by atoms with Crippen molar-refractivity contribution in [2.24, 2.45) is 0 Å². The van der Waals surface area contributed by atoms with E-state index in [0.717, 1.165) is 0 Å². The smallest absolute Gasteiger partial charge is 0.131 e. The van der Waals surface area contributed by atoms with Crippen molar-refractivity contribution >= 4 is 8.07 Å². The number of benzene rings is 1. The van der Waals surface area contributed by atoms with Crippen molar-refractivity contribution in [3.8, 4) is 11.5 Å². The van der Waals surface area contributed by atoms with E-state index in [0.29, 0.717) is 5.54 Å². The van der Waals surface area contributed by atoms with Gasteiger partial charge >= 0.3 is 0 Å². The molecule has 0 aliphatic heterocycles. The fourth-order valence-electron chi connectivity index (χ4n) is 1.59. The Bertz CT molecular complexity index is 340. The average Bonchev–Trinajstić information content (AvgIpc) is 2.18. The van der Waals surface area contributed by atoms with Gasteiger partial charge in [0.2, 0.25) is 0 Å². The monoisotopic (exact) mass is 202 g/mol. The van der Waals surface area contributed by atoms with E-state index in [1.54, 1.807) is 0 Å². The summed E-state index contributed by atoms with van der Waals surface area (Å²) in [5.41, 5.74) is 5.44. The Kier molecular flexibility index (Phi) is 3.54. The second-order valence-electron chi connectivity index (χ2n) is 4.23.